The van der Waals surface area contributed by atoms with Gasteiger partial charge in [-0.05, 0) is 12.8 Å². The fourth-order valence-electron chi connectivity index (χ4n) is 2.49. The standard InChI is InChI=1S/C11H24.C9H20O2/c1-3-5-7-9-11-10-8-6-4-2;10-8-6-4-2-1-3-5-7-9-11/h3-11H2,1-2H3;10-11H,1-9H2. The largest absolute Gasteiger partial charge is 0.396 e. The Morgan fingerprint density at radius 1 is 0.364 bits per heavy atom. The molecule has 136 valence electrons. The van der Waals surface area contributed by atoms with Gasteiger partial charge in [-0.2, -0.15) is 0 Å². The van der Waals surface area contributed by atoms with Gasteiger partial charge in [-0.3, -0.25) is 0 Å². The summed E-state index contributed by atoms with van der Waals surface area (Å²) in [4.78, 5) is 0. The van der Waals surface area contributed by atoms with E-state index in [1.807, 2.05) is 0 Å². The summed E-state index contributed by atoms with van der Waals surface area (Å²) in [6.45, 7) is 5.21. The number of hydrogen-bond acceptors (Lipinski definition) is 2. The molecule has 22 heavy (non-hydrogen) atoms. The highest BCUT2D eigenvalue weighted by molar-refractivity contribution is 4.45. The molecule has 0 bridgehead atoms. The normalized spacial score (nSPS) is 10.4. The van der Waals surface area contributed by atoms with Crippen LogP contribution >= 0.6 is 0 Å². The Balaban J connectivity index is 0. The molecule has 0 unspecified atom stereocenters. The Bertz CT molecular complexity index is 126. The van der Waals surface area contributed by atoms with Crippen molar-refractivity contribution in [3.05, 3.63) is 0 Å². The van der Waals surface area contributed by atoms with Crippen molar-refractivity contribution in [2.75, 3.05) is 13.2 Å². The third kappa shape index (κ3) is 28.1. The van der Waals surface area contributed by atoms with Gasteiger partial charge in [-0.1, -0.05) is 104 Å². The van der Waals surface area contributed by atoms with Crippen LogP contribution in [0.15, 0.2) is 0 Å². The zero-order chi connectivity index (χ0) is 16.7. The van der Waals surface area contributed by atoms with Crippen molar-refractivity contribution in [1.29, 1.82) is 0 Å². The minimum absolute atomic E-state index is 0.330. The SMILES string of the molecule is CCCCCCCCCCC.OCCCCCCCCCO. The Morgan fingerprint density at radius 3 is 0.818 bits per heavy atom. The van der Waals surface area contributed by atoms with Crippen molar-refractivity contribution in [3.63, 3.8) is 0 Å². The summed E-state index contributed by atoms with van der Waals surface area (Å²) in [6, 6.07) is 0. The molecule has 0 fully saturated rings. The fraction of sp³-hybridized carbons (Fsp3) is 1.00. The Hall–Kier alpha value is -0.0800. The van der Waals surface area contributed by atoms with E-state index in [1.165, 1.54) is 77.0 Å². The number of hydrogen-bond donors (Lipinski definition) is 2. The van der Waals surface area contributed by atoms with Crippen molar-refractivity contribution in [3.8, 4) is 0 Å². The summed E-state index contributed by atoms with van der Waals surface area (Å²) in [5.74, 6) is 0. The molecular formula is C20H44O2. The van der Waals surface area contributed by atoms with Crippen LogP contribution in [0.5, 0.6) is 0 Å². The van der Waals surface area contributed by atoms with Gasteiger partial charge in [0.1, 0.15) is 0 Å². The second kappa shape index (κ2) is 25.9. The van der Waals surface area contributed by atoms with Crippen molar-refractivity contribution < 1.29 is 10.2 Å². The molecule has 0 aromatic heterocycles. The lowest BCUT2D eigenvalue weighted by atomic mass is 10.1. The number of aliphatic hydroxyl groups excluding tert-OH is 2. The molecule has 0 rings (SSSR count). The van der Waals surface area contributed by atoms with Gasteiger partial charge in [-0.15, -0.1) is 0 Å². The van der Waals surface area contributed by atoms with Crippen LogP contribution in [0.4, 0.5) is 0 Å². The third-order valence-electron chi connectivity index (χ3n) is 4.02. The molecule has 2 heteroatoms. The molecule has 0 radical (unpaired) electrons. The highest BCUT2D eigenvalue weighted by atomic mass is 16.3. The van der Waals surface area contributed by atoms with Crippen molar-refractivity contribution in [1.82, 2.24) is 0 Å². The molecule has 0 aromatic carbocycles. The smallest absolute Gasteiger partial charge is 0.0431 e. The van der Waals surface area contributed by atoms with Crippen molar-refractivity contribution in [2.24, 2.45) is 0 Å². The minimum Gasteiger partial charge on any atom is -0.396 e. The Kier molecular flexibility index (Phi) is 28.4. The summed E-state index contributed by atoms with van der Waals surface area (Å²) < 4.78 is 0. The van der Waals surface area contributed by atoms with E-state index in [2.05, 4.69) is 13.8 Å². The Morgan fingerprint density at radius 2 is 0.591 bits per heavy atom. The van der Waals surface area contributed by atoms with Gasteiger partial charge >= 0.3 is 0 Å². The lowest BCUT2D eigenvalue weighted by molar-refractivity contribution is 0.278. The molecule has 0 aliphatic carbocycles. The molecule has 0 saturated carbocycles. The molecule has 0 amide bonds. The van der Waals surface area contributed by atoms with E-state index in [1.54, 1.807) is 0 Å². The highest BCUT2D eigenvalue weighted by Crippen LogP contribution is 2.09. The molecular weight excluding hydrogens is 272 g/mol. The summed E-state index contributed by atoms with van der Waals surface area (Å²) in [5.41, 5.74) is 0. The first kappa shape index (κ1) is 24.2. The molecule has 0 heterocycles. The third-order valence-corrected chi connectivity index (χ3v) is 4.02. The van der Waals surface area contributed by atoms with Crippen molar-refractivity contribution >= 4 is 0 Å². The predicted octanol–water partition coefficient (Wildman–Crippen LogP) is 6.24. The molecule has 2 nitrogen and oxygen atoms in total. The average Bonchev–Trinajstić information content (AvgIpc) is 2.54. The summed E-state index contributed by atoms with van der Waals surface area (Å²) >= 11 is 0. The summed E-state index contributed by atoms with van der Waals surface area (Å²) in [6.07, 6.45) is 20.8. The molecule has 2 N–H and O–H groups in total. The van der Waals surface area contributed by atoms with E-state index in [0.717, 1.165) is 25.7 Å². The van der Waals surface area contributed by atoms with Crippen LogP contribution < -0.4 is 0 Å². The van der Waals surface area contributed by atoms with Gasteiger partial charge in [0.2, 0.25) is 0 Å². The number of aliphatic hydroxyl groups is 2. The highest BCUT2D eigenvalue weighted by Gasteiger charge is 1.90. The van der Waals surface area contributed by atoms with Crippen LogP contribution in [0, 0.1) is 0 Å². The van der Waals surface area contributed by atoms with Gasteiger partial charge < -0.3 is 10.2 Å². The van der Waals surface area contributed by atoms with Crippen LogP contribution in [0.2, 0.25) is 0 Å². The number of rotatable bonds is 16. The molecule has 0 aliphatic rings. The summed E-state index contributed by atoms with van der Waals surface area (Å²) in [5, 5.41) is 16.9. The zero-order valence-electron chi connectivity index (χ0n) is 15.6. The summed E-state index contributed by atoms with van der Waals surface area (Å²) in [7, 11) is 0. The van der Waals surface area contributed by atoms with Gasteiger partial charge in [-0.25, -0.2) is 0 Å². The molecule has 0 saturated heterocycles. The van der Waals surface area contributed by atoms with E-state index >= 15 is 0 Å². The zero-order valence-corrected chi connectivity index (χ0v) is 15.6. The van der Waals surface area contributed by atoms with Crippen LogP contribution in [0.3, 0.4) is 0 Å². The van der Waals surface area contributed by atoms with E-state index in [9.17, 15) is 0 Å². The van der Waals surface area contributed by atoms with E-state index in [-0.39, 0.29) is 0 Å². The second-order valence-electron chi connectivity index (χ2n) is 6.40. The molecule has 0 aromatic rings. The predicted molar refractivity (Wildman–Crippen MR) is 99.4 cm³/mol. The van der Waals surface area contributed by atoms with Crippen LogP contribution in [-0.2, 0) is 0 Å². The first-order valence-corrected chi connectivity index (χ1v) is 10.0. The van der Waals surface area contributed by atoms with Gasteiger partial charge in [0.15, 0.2) is 0 Å². The van der Waals surface area contributed by atoms with E-state index in [4.69, 9.17) is 10.2 Å². The minimum atomic E-state index is 0.330. The molecule has 0 aliphatic heterocycles. The van der Waals surface area contributed by atoms with E-state index in [0.29, 0.717) is 13.2 Å². The second-order valence-corrected chi connectivity index (χ2v) is 6.40. The van der Waals surface area contributed by atoms with Gasteiger partial charge in [0.05, 0.1) is 0 Å². The average molecular weight is 317 g/mol. The maximum absolute atomic E-state index is 8.47. The molecule has 0 atom stereocenters. The lowest BCUT2D eigenvalue weighted by Crippen LogP contribution is -1.85. The van der Waals surface area contributed by atoms with Crippen LogP contribution in [-0.4, -0.2) is 23.4 Å². The fourth-order valence-corrected chi connectivity index (χ4v) is 2.49. The Labute approximate surface area is 140 Å². The van der Waals surface area contributed by atoms with E-state index < -0.39 is 0 Å². The quantitative estimate of drug-likeness (QED) is 0.331. The van der Waals surface area contributed by atoms with Crippen LogP contribution in [0.25, 0.3) is 0 Å². The first-order chi connectivity index (χ1) is 10.8. The van der Waals surface area contributed by atoms with Crippen molar-refractivity contribution in [2.45, 2.75) is 117 Å². The first-order valence-electron chi connectivity index (χ1n) is 10.0. The van der Waals surface area contributed by atoms with Crippen LogP contribution in [0.1, 0.15) is 117 Å². The monoisotopic (exact) mass is 316 g/mol. The topological polar surface area (TPSA) is 40.5 Å². The maximum Gasteiger partial charge on any atom is 0.0431 e. The van der Waals surface area contributed by atoms with Gasteiger partial charge in [0, 0.05) is 13.2 Å². The molecule has 0 spiro atoms. The maximum atomic E-state index is 8.47. The number of unbranched alkanes of at least 4 members (excludes halogenated alkanes) is 14. The van der Waals surface area contributed by atoms with Gasteiger partial charge in [0.25, 0.3) is 0 Å². The lowest BCUT2D eigenvalue weighted by Gasteiger charge is -1.98.